The molecule has 0 aliphatic heterocycles. The van der Waals surface area contributed by atoms with Crippen molar-refractivity contribution in [2.24, 2.45) is 5.73 Å². The van der Waals surface area contributed by atoms with Crippen LogP contribution in [-0.4, -0.2) is 32.2 Å². The molecule has 1 unspecified atom stereocenters. The Labute approximate surface area is 117 Å². The maximum atomic E-state index is 12.0. The van der Waals surface area contributed by atoms with E-state index < -0.39 is 27.8 Å². The first kappa shape index (κ1) is 16.2. The average Bonchev–Trinajstić information content (AvgIpc) is 2.37. The van der Waals surface area contributed by atoms with Gasteiger partial charge in [-0.3, -0.25) is 9.59 Å². The lowest BCUT2D eigenvalue weighted by Gasteiger charge is -2.09. The zero-order valence-electron chi connectivity index (χ0n) is 11.3. The van der Waals surface area contributed by atoms with Gasteiger partial charge in [0.05, 0.1) is 17.1 Å². The summed E-state index contributed by atoms with van der Waals surface area (Å²) in [6.07, 6.45) is -1.39. The Morgan fingerprint density at radius 1 is 1.25 bits per heavy atom. The molecule has 0 aliphatic rings. The van der Waals surface area contributed by atoms with Crippen molar-refractivity contribution in [3.63, 3.8) is 0 Å². The third-order valence-corrected chi connectivity index (χ3v) is 4.40. The molecule has 0 aromatic heterocycles. The molecule has 0 aliphatic carbocycles. The molecule has 0 saturated carbocycles. The van der Waals surface area contributed by atoms with E-state index in [0.29, 0.717) is 0 Å². The second-order valence-corrected chi connectivity index (χ2v) is 6.53. The summed E-state index contributed by atoms with van der Waals surface area (Å²) in [5, 5.41) is 0. The monoisotopic (exact) mass is 299 g/mol. The molecule has 0 radical (unpaired) electrons. The smallest absolute Gasteiger partial charge is 0.307 e. The van der Waals surface area contributed by atoms with E-state index in [-0.39, 0.29) is 17.1 Å². The third-order valence-electron chi connectivity index (χ3n) is 2.66. The van der Waals surface area contributed by atoms with Crippen molar-refractivity contribution < 1.29 is 22.7 Å². The number of hydrogen-bond donors (Lipinski definition) is 1. The SMILES string of the molecule is Cc1ccc(S(=O)(=O)CCC(=O)OC(C)C(N)=O)cc1. The van der Waals surface area contributed by atoms with Gasteiger partial charge in [0.25, 0.3) is 5.91 Å². The number of amides is 1. The van der Waals surface area contributed by atoms with Gasteiger partial charge in [-0.1, -0.05) is 17.7 Å². The molecular formula is C13H17NO5S. The minimum atomic E-state index is -3.55. The van der Waals surface area contributed by atoms with Gasteiger partial charge >= 0.3 is 5.97 Å². The van der Waals surface area contributed by atoms with Gasteiger partial charge in [0.15, 0.2) is 15.9 Å². The van der Waals surface area contributed by atoms with E-state index in [0.717, 1.165) is 5.56 Å². The molecule has 110 valence electrons. The standard InChI is InChI=1S/C13H17NO5S/c1-9-3-5-11(6-4-9)20(17,18)8-7-12(15)19-10(2)13(14)16/h3-6,10H,7-8H2,1-2H3,(H2,14,16). The van der Waals surface area contributed by atoms with E-state index >= 15 is 0 Å². The van der Waals surface area contributed by atoms with Crippen LogP contribution in [0, 0.1) is 6.92 Å². The highest BCUT2D eigenvalue weighted by molar-refractivity contribution is 7.91. The lowest BCUT2D eigenvalue weighted by Crippen LogP contribution is -2.31. The molecule has 1 amide bonds. The summed E-state index contributed by atoms with van der Waals surface area (Å²) in [6.45, 7) is 3.17. The molecule has 20 heavy (non-hydrogen) atoms. The Bertz CT molecular complexity index is 592. The van der Waals surface area contributed by atoms with Gasteiger partial charge in [-0.15, -0.1) is 0 Å². The van der Waals surface area contributed by atoms with Crippen LogP contribution >= 0.6 is 0 Å². The van der Waals surface area contributed by atoms with E-state index in [2.05, 4.69) is 4.74 Å². The molecule has 0 heterocycles. The second-order valence-electron chi connectivity index (χ2n) is 4.42. The van der Waals surface area contributed by atoms with Gasteiger partial charge in [0.2, 0.25) is 0 Å². The highest BCUT2D eigenvalue weighted by atomic mass is 32.2. The zero-order valence-corrected chi connectivity index (χ0v) is 12.1. The number of aryl methyl sites for hydroxylation is 1. The maximum absolute atomic E-state index is 12.0. The van der Waals surface area contributed by atoms with Crippen LogP contribution in [0.5, 0.6) is 0 Å². The molecule has 7 heteroatoms. The Kier molecular flexibility index (Phi) is 5.26. The molecule has 1 aromatic rings. The lowest BCUT2D eigenvalue weighted by molar-refractivity contribution is -0.153. The summed E-state index contributed by atoms with van der Waals surface area (Å²) in [4.78, 5) is 22.3. The first-order valence-electron chi connectivity index (χ1n) is 6.00. The summed E-state index contributed by atoms with van der Waals surface area (Å²) in [5.74, 6) is -1.92. The van der Waals surface area contributed by atoms with E-state index in [1.807, 2.05) is 6.92 Å². The normalized spacial score (nSPS) is 12.7. The third kappa shape index (κ3) is 4.65. The lowest BCUT2D eigenvalue weighted by atomic mass is 10.2. The predicted molar refractivity (Wildman–Crippen MR) is 72.6 cm³/mol. The van der Waals surface area contributed by atoms with E-state index in [1.54, 1.807) is 12.1 Å². The molecule has 0 saturated heterocycles. The Hall–Kier alpha value is -1.89. The zero-order chi connectivity index (χ0) is 15.3. The fraction of sp³-hybridized carbons (Fsp3) is 0.385. The number of nitrogens with two attached hydrogens (primary N) is 1. The van der Waals surface area contributed by atoms with Crippen molar-refractivity contribution in [1.82, 2.24) is 0 Å². The van der Waals surface area contributed by atoms with Crippen molar-refractivity contribution in [2.75, 3.05) is 5.75 Å². The highest BCUT2D eigenvalue weighted by Gasteiger charge is 2.19. The summed E-state index contributed by atoms with van der Waals surface area (Å²) in [7, 11) is -3.55. The van der Waals surface area contributed by atoms with E-state index in [9.17, 15) is 18.0 Å². The minimum Gasteiger partial charge on any atom is -0.453 e. The molecule has 1 atom stereocenters. The fourth-order valence-corrected chi connectivity index (χ4v) is 2.62. The van der Waals surface area contributed by atoms with Crippen molar-refractivity contribution in [3.05, 3.63) is 29.8 Å². The van der Waals surface area contributed by atoms with Crippen LogP contribution in [0.15, 0.2) is 29.2 Å². The number of carbonyl (C=O) groups is 2. The minimum absolute atomic E-state index is 0.152. The van der Waals surface area contributed by atoms with E-state index in [4.69, 9.17) is 5.73 Å². The summed E-state index contributed by atoms with van der Waals surface area (Å²) in [5.41, 5.74) is 5.88. The summed E-state index contributed by atoms with van der Waals surface area (Å²) >= 11 is 0. The van der Waals surface area contributed by atoms with Crippen LogP contribution in [0.25, 0.3) is 0 Å². The molecule has 2 N–H and O–H groups in total. The molecule has 1 rings (SSSR count). The van der Waals surface area contributed by atoms with Crippen LogP contribution in [0.3, 0.4) is 0 Å². The second kappa shape index (κ2) is 6.51. The largest absolute Gasteiger partial charge is 0.453 e. The van der Waals surface area contributed by atoms with Crippen molar-refractivity contribution >= 4 is 21.7 Å². The van der Waals surface area contributed by atoms with Gasteiger partial charge in [0.1, 0.15) is 0 Å². The van der Waals surface area contributed by atoms with Crippen LogP contribution in [-0.2, 0) is 24.2 Å². The highest BCUT2D eigenvalue weighted by Crippen LogP contribution is 2.13. The number of esters is 1. The Balaban J connectivity index is 2.62. The number of primary amides is 1. The molecule has 0 spiro atoms. The molecule has 0 fully saturated rings. The first-order valence-corrected chi connectivity index (χ1v) is 7.66. The fourth-order valence-electron chi connectivity index (χ4n) is 1.40. The van der Waals surface area contributed by atoms with Gasteiger partial charge in [-0.05, 0) is 26.0 Å². The maximum Gasteiger partial charge on any atom is 0.307 e. The van der Waals surface area contributed by atoms with Crippen LogP contribution < -0.4 is 5.73 Å². The number of sulfone groups is 1. The number of benzene rings is 1. The van der Waals surface area contributed by atoms with Crippen molar-refractivity contribution in [1.29, 1.82) is 0 Å². The van der Waals surface area contributed by atoms with Gasteiger partial charge < -0.3 is 10.5 Å². The number of hydrogen-bond acceptors (Lipinski definition) is 5. The Morgan fingerprint density at radius 3 is 2.30 bits per heavy atom. The van der Waals surface area contributed by atoms with Gasteiger partial charge in [0, 0.05) is 0 Å². The first-order chi connectivity index (χ1) is 9.22. The van der Waals surface area contributed by atoms with Crippen LogP contribution in [0.4, 0.5) is 0 Å². The molecule has 1 aromatic carbocycles. The number of ether oxygens (including phenoxy) is 1. The van der Waals surface area contributed by atoms with Gasteiger partial charge in [-0.2, -0.15) is 0 Å². The number of carbonyl (C=O) groups excluding carboxylic acids is 2. The van der Waals surface area contributed by atoms with Crippen LogP contribution in [0.1, 0.15) is 18.9 Å². The molecule has 0 bridgehead atoms. The predicted octanol–water partition coefficient (Wildman–Crippen LogP) is 0.576. The summed E-state index contributed by atoms with van der Waals surface area (Å²) < 4.78 is 28.6. The Morgan fingerprint density at radius 2 is 1.80 bits per heavy atom. The van der Waals surface area contributed by atoms with Crippen LogP contribution in [0.2, 0.25) is 0 Å². The number of rotatable bonds is 6. The topological polar surface area (TPSA) is 104 Å². The summed E-state index contributed by atoms with van der Waals surface area (Å²) in [6, 6.07) is 6.34. The quantitative estimate of drug-likeness (QED) is 0.774. The molecular weight excluding hydrogens is 282 g/mol. The molecule has 6 nitrogen and oxygen atoms in total. The van der Waals surface area contributed by atoms with Crippen molar-refractivity contribution in [3.8, 4) is 0 Å². The average molecular weight is 299 g/mol. The van der Waals surface area contributed by atoms with E-state index in [1.165, 1.54) is 19.1 Å². The van der Waals surface area contributed by atoms with Crippen molar-refractivity contribution in [2.45, 2.75) is 31.3 Å². The van der Waals surface area contributed by atoms with Gasteiger partial charge in [-0.25, -0.2) is 8.42 Å².